The van der Waals surface area contributed by atoms with Crippen molar-refractivity contribution in [1.29, 1.82) is 0 Å². The standard InChI is InChI=1S/C38H71O10P/c1-3-5-7-9-11-13-15-16-17-18-20-22-24-26-28-30-38(42)48-36(34-47-49(43,44)46-32-35(40)31-39)33-45-37(41)29-27-25-23-21-19-14-12-10-8-6-4-2/h10,12,24,26,35-36,39-40H,3-9,11,13-23,25,27-34H2,1-2H3,(H,43,44)/b12-10+,26-24+/t35-,36+/m0/s1. The number of rotatable bonds is 36. The second-order valence-electron chi connectivity index (χ2n) is 12.9. The molecule has 0 aromatic rings. The predicted molar refractivity (Wildman–Crippen MR) is 196 cm³/mol. The molecule has 0 saturated heterocycles. The fraction of sp³-hybridized carbons (Fsp3) is 0.842. The number of ether oxygens (including phenoxy) is 2. The van der Waals surface area contributed by atoms with Crippen molar-refractivity contribution in [2.75, 3.05) is 26.4 Å². The van der Waals surface area contributed by atoms with Crippen molar-refractivity contribution in [2.24, 2.45) is 0 Å². The Morgan fingerprint density at radius 1 is 0.592 bits per heavy atom. The Bertz CT molecular complexity index is 879. The lowest BCUT2D eigenvalue weighted by molar-refractivity contribution is -0.161. The smallest absolute Gasteiger partial charge is 0.462 e. The highest BCUT2D eigenvalue weighted by Gasteiger charge is 2.27. The lowest BCUT2D eigenvalue weighted by Gasteiger charge is -2.20. The molecule has 0 aliphatic rings. The van der Waals surface area contributed by atoms with Crippen molar-refractivity contribution < 1.29 is 47.8 Å². The van der Waals surface area contributed by atoms with Gasteiger partial charge in [0.1, 0.15) is 12.7 Å². The van der Waals surface area contributed by atoms with Crippen LogP contribution in [0.2, 0.25) is 0 Å². The third kappa shape index (κ3) is 34.7. The van der Waals surface area contributed by atoms with Gasteiger partial charge in [0.05, 0.1) is 19.8 Å². The Hall–Kier alpha value is -1.55. The van der Waals surface area contributed by atoms with E-state index in [1.54, 1.807) is 0 Å². The highest BCUT2D eigenvalue weighted by atomic mass is 31.2. The first-order chi connectivity index (χ1) is 23.7. The molecule has 0 heterocycles. The van der Waals surface area contributed by atoms with Crippen LogP contribution < -0.4 is 0 Å². The zero-order chi connectivity index (χ0) is 36.3. The lowest BCUT2D eigenvalue weighted by Crippen LogP contribution is -2.29. The van der Waals surface area contributed by atoms with E-state index in [2.05, 4.69) is 36.6 Å². The van der Waals surface area contributed by atoms with Gasteiger partial charge in [-0.25, -0.2) is 4.57 Å². The van der Waals surface area contributed by atoms with Gasteiger partial charge in [-0.1, -0.05) is 134 Å². The molecule has 0 amide bonds. The zero-order valence-electron chi connectivity index (χ0n) is 30.9. The molecular formula is C38H71O10P. The number of carbonyl (C=O) groups excluding carboxylic acids is 2. The van der Waals surface area contributed by atoms with E-state index in [0.29, 0.717) is 12.8 Å². The molecule has 0 spiro atoms. The van der Waals surface area contributed by atoms with E-state index in [4.69, 9.17) is 19.1 Å². The number of phosphoric acid groups is 1. The van der Waals surface area contributed by atoms with E-state index < -0.39 is 51.8 Å². The summed E-state index contributed by atoms with van der Waals surface area (Å²) >= 11 is 0. The maximum atomic E-state index is 12.5. The van der Waals surface area contributed by atoms with Crippen LogP contribution in [-0.2, 0) is 32.7 Å². The van der Waals surface area contributed by atoms with Gasteiger partial charge in [0, 0.05) is 12.8 Å². The van der Waals surface area contributed by atoms with Gasteiger partial charge in [-0.2, -0.15) is 0 Å². The van der Waals surface area contributed by atoms with Crippen LogP contribution in [0.25, 0.3) is 0 Å². The molecule has 0 aliphatic heterocycles. The molecule has 0 saturated carbocycles. The lowest BCUT2D eigenvalue weighted by atomic mass is 10.1. The van der Waals surface area contributed by atoms with Crippen LogP contribution in [0.5, 0.6) is 0 Å². The molecule has 3 atom stereocenters. The van der Waals surface area contributed by atoms with Gasteiger partial charge in [-0.3, -0.25) is 18.6 Å². The summed E-state index contributed by atoms with van der Waals surface area (Å²) in [5, 5.41) is 18.3. The molecule has 0 aromatic carbocycles. The average molecular weight is 719 g/mol. The summed E-state index contributed by atoms with van der Waals surface area (Å²) in [5.74, 6) is -0.992. The van der Waals surface area contributed by atoms with Crippen LogP contribution >= 0.6 is 7.82 Å². The molecular weight excluding hydrogens is 647 g/mol. The highest BCUT2D eigenvalue weighted by Crippen LogP contribution is 2.43. The van der Waals surface area contributed by atoms with Crippen molar-refractivity contribution in [2.45, 2.75) is 180 Å². The molecule has 0 radical (unpaired) electrons. The van der Waals surface area contributed by atoms with Gasteiger partial charge in [-0.05, 0) is 44.9 Å². The maximum Gasteiger partial charge on any atom is 0.472 e. The minimum atomic E-state index is -4.62. The number of unbranched alkanes of at least 4 members (excludes halogenated alkanes) is 18. The van der Waals surface area contributed by atoms with Crippen molar-refractivity contribution >= 4 is 19.8 Å². The van der Waals surface area contributed by atoms with Crippen LogP contribution in [0.1, 0.15) is 168 Å². The first-order valence-corrected chi connectivity index (χ1v) is 20.8. The molecule has 288 valence electrons. The Kier molecular flexibility index (Phi) is 33.8. The van der Waals surface area contributed by atoms with Crippen LogP contribution in [0, 0.1) is 0 Å². The number of hydrogen-bond acceptors (Lipinski definition) is 9. The second kappa shape index (κ2) is 34.9. The van der Waals surface area contributed by atoms with E-state index in [9.17, 15) is 24.2 Å². The van der Waals surface area contributed by atoms with E-state index >= 15 is 0 Å². The first-order valence-electron chi connectivity index (χ1n) is 19.3. The van der Waals surface area contributed by atoms with Gasteiger partial charge in [0.2, 0.25) is 0 Å². The molecule has 0 aromatic heterocycles. The fourth-order valence-corrected chi connectivity index (χ4v) is 5.84. The minimum absolute atomic E-state index is 0.101. The molecule has 1 unspecified atom stereocenters. The zero-order valence-corrected chi connectivity index (χ0v) is 31.8. The summed E-state index contributed by atoms with van der Waals surface area (Å²) in [4.78, 5) is 34.7. The van der Waals surface area contributed by atoms with Crippen LogP contribution in [0.15, 0.2) is 24.3 Å². The van der Waals surface area contributed by atoms with Gasteiger partial charge >= 0.3 is 19.8 Å². The summed E-state index contributed by atoms with van der Waals surface area (Å²) in [6.07, 6.45) is 31.6. The van der Waals surface area contributed by atoms with Crippen molar-refractivity contribution in [3.8, 4) is 0 Å². The van der Waals surface area contributed by atoms with E-state index in [1.807, 2.05) is 6.08 Å². The number of hydrogen-bond donors (Lipinski definition) is 3. The largest absolute Gasteiger partial charge is 0.472 e. The monoisotopic (exact) mass is 718 g/mol. The summed E-state index contributed by atoms with van der Waals surface area (Å²) < 4.78 is 32.5. The van der Waals surface area contributed by atoms with Crippen molar-refractivity contribution in [1.82, 2.24) is 0 Å². The summed E-state index contributed by atoms with van der Waals surface area (Å²) in [5.41, 5.74) is 0. The number of carbonyl (C=O) groups is 2. The fourth-order valence-electron chi connectivity index (χ4n) is 5.05. The van der Waals surface area contributed by atoms with E-state index in [0.717, 1.165) is 51.4 Å². The SMILES string of the molecule is CCCC/C=C/CCCCCCCC(=O)OC[C@H](COP(=O)(O)OC[C@@H](O)CO)OC(=O)CC/C=C/CCCCCCCCCCCCC. The third-order valence-corrected chi connectivity index (χ3v) is 9.04. The number of esters is 2. The minimum Gasteiger partial charge on any atom is -0.462 e. The van der Waals surface area contributed by atoms with Gasteiger partial charge in [0.15, 0.2) is 6.10 Å². The Morgan fingerprint density at radius 2 is 1.06 bits per heavy atom. The van der Waals surface area contributed by atoms with Crippen LogP contribution in [0.3, 0.4) is 0 Å². The molecule has 49 heavy (non-hydrogen) atoms. The Balaban J connectivity index is 4.41. The number of aliphatic hydroxyl groups excluding tert-OH is 2. The van der Waals surface area contributed by atoms with Crippen molar-refractivity contribution in [3.05, 3.63) is 24.3 Å². The van der Waals surface area contributed by atoms with Crippen LogP contribution in [0.4, 0.5) is 0 Å². The molecule has 11 heteroatoms. The molecule has 0 rings (SSSR count). The van der Waals surface area contributed by atoms with Gasteiger partial charge in [-0.15, -0.1) is 0 Å². The number of allylic oxidation sites excluding steroid dienone is 4. The maximum absolute atomic E-state index is 12.5. The van der Waals surface area contributed by atoms with Crippen molar-refractivity contribution in [3.63, 3.8) is 0 Å². The summed E-state index contributed by atoms with van der Waals surface area (Å²) in [6.45, 7) is 2.28. The quantitative estimate of drug-likeness (QED) is 0.0248. The van der Waals surface area contributed by atoms with Crippen LogP contribution in [-0.4, -0.2) is 65.7 Å². The normalized spacial score (nSPS) is 14.3. The number of phosphoric ester groups is 1. The van der Waals surface area contributed by atoms with E-state index in [1.165, 1.54) is 77.0 Å². The topological polar surface area (TPSA) is 149 Å². The molecule has 10 nitrogen and oxygen atoms in total. The molecule has 3 N–H and O–H groups in total. The Morgan fingerprint density at radius 3 is 1.61 bits per heavy atom. The Labute approximate surface area is 298 Å². The predicted octanol–water partition coefficient (Wildman–Crippen LogP) is 9.44. The van der Waals surface area contributed by atoms with Gasteiger partial charge < -0.3 is 24.6 Å². The molecule has 0 aliphatic carbocycles. The third-order valence-electron chi connectivity index (χ3n) is 8.09. The molecule has 0 fully saturated rings. The number of aliphatic hydroxyl groups is 2. The molecule has 0 bridgehead atoms. The average Bonchev–Trinajstić information content (AvgIpc) is 3.09. The summed E-state index contributed by atoms with van der Waals surface area (Å²) in [7, 11) is -4.62. The second-order valence-corrected chi connectivity index (χ2v) is 14.4. The highest BCUT2D eigenvalue weighted by molar-refractivity contribution is 7.47. The first kappa shape index (κ1) is 47.4. The van der Waals surface area contributed by atoms with E-state index in [-0.39, 0.29) is 19.4 Å². The van der Waals surface area contributed by atoms with Gasteiger partial charge in [0.25, 0.3) is 0 Å². The summed E-state index contributed by atoms with van der Waals surface area (Å²) in [6, 6.07) is 0.